The molecule has 0 aliphatic carbocycles. The van der Waals surface area contributed by atoms with Crippen molar-refractivity contribution < 1.29 is 23.8 Å². The van der Waals surface area contributed by atoms with Crippen molar-refractivity contribution in [1.29, 1.82) is 0 Å². The van der Waals surface area contributed by atoms with Crippen LogP contribution in [0, 0.1) is 0 Å². The van der Waals surface area contributed by atoms with E-state index in [-0.39, 0.29) is 0 Å². The van der Waals surface area contributed by atoms with E-state index in [1.54, 1.807) is 0 Å². The molecule has 0 saturated heterocycles. The summed E-state index contributed by atoms with van der Waals surface area (Å²) < 4.78 is 22.1. The molecule has 0 saturated carbocycles. The van der Waals surface area contributed by atoms with Crippen LogP contribution in [0.1, 0.15) is 219 Å². The van der Waals surface area contributed by atoms with E-state index in [2.05, 4.69) is 13.8 Å². The molecule has 0 rings (SSSR count). The molecule has 0 radical (unpaired) electrons. The molecule has 0 aromatic carbocycles. The van der Waals surface area contributed by atoms with Gasteiger partial charge in [-0.25, -0.2) is 0 Å². The molecule has 0 bridgehead atoms. The fourth-order valence-corrected chi connectivity index (χ4v) is 6.37. The first kappa shape index (κ1) is 41.9. The van der Waals surface area contributed by atoms with E-state index in [1.165, 1.54) is 167 Å². The molecular weight excluding hydrogens is 543 g/mol. The smallest absolute Gasteiger partial charge is 0.364 e. The van der Waals surface area contributed by atoms with Gasteiger partial charge in [0.1, 0.15) is 0 Å². The molecule has 0 aliphatic rings. The summed E-state index contributed by atoms with van der Waals surface area (Å²) in [5.41, 5.74) is 0. The number of aliphatic hydroxyl groups excluding tert-OH is 2. The molecule has 5 nitrogen and oxygen atoms in total. The van der Waals surface area contributed by atoms with Crippen molar-refractivity contribution in [3.05, 3.63) is 0 Å². The molecule has 0 spiro atoms. The monoisotopic (exact) mass is 618 g/mol. The summed E-state index contributed by atoms with van der Waals surface area (Å²) in [4.78, 5) is 0. The topological polar surface area (TPSA) is 76.0 Å². The van der Waals surface area contributed by atoms with Crippen molar-refractivity contribution in [2.75, 3.05) is 0 Å². The molecule has 0 amide bonds. The summed E-state index contributed by atoms with van der Waals surface area (Å²) in [5.74, 6) is 0. The Balaban J connectivity index is 3.38. The standard InChI is InChI=1S/C36H74O5P/c1-3-5-7-9-11-13-15-17-19-21-23-25-27-29-31-33-35(37)40-42(39)41-36(38)34-32-30-28-26-24-22-20-18-16-14-12-10-8-6-4-2/h35-38H,3-34H2,1-2H3/q+1. The van der Waals surface area contributed by atoms with Crippen LogP contribution >= 0.6 is 8.25 Å². The minimum Gasteiger partial charge on any atom is -0.364 e. The maximum atomic E-state index is 12.0. The zero-order valence-electron chi connectivity index (χ0n) is 28.3. The Hall–Kier alpha value is -0.0600. The molecule has 0 aromatic rings. The van der Waals surface area contributed by atoms with Crippen LogP contribution in [0.2, 0.25) is 0 Å². The average molecular weight is 618 g/mol. The summed E-state index contributed by atoms with van der Waals surface area (Å²) in [6, 6.07) is 0. The van der Waals surface area contributed by atoms with Crippen LogP contribution in [0.5, 0.6) is 0 Å². The average Bonchev–Trinajstić information content (AvgIpc) is 2.97. The van der Waals surface area contributed by atoms with E-state index in [0.29, 0.717) is 12.8 Å². The van der Waals surface area contributed by atoms with Gasteiger partial charge in [0, 0.05) is 17.4 Å². The fraction of sp³-hybridized carbons (Fsp3) is 1.00. The van der Waals surface area contributed by atoms with Crippen molar-refractivity contribution in [1.82, 2.24) is 0 Å². The molecule has 2 unspecified atom stereocenters. The normalized spacial score (nSPS) is 13.5. The lowest BCUT2D eigenvalue weighted by atomic mass is 10.0. The Bertz CT molecular complexity index is 489. The Morgan fingerprint density at radius 1 is 0.381 bits per heavy atom. The Morgan fingerprint density at radius 2 is 0.571 bits per heavy atom. The molecule has 6 heteroatoms. The summed E-state index contributed by atoms with van der Waals surface area (Å²) >= 11 is 0. The summed E-state index contributed by atoms with van der Waals surface area (Å²) in [6.07, 6.45) is 37.7. The minimum absolute atomic E-state index is 0.456. The minimum atomic E-state index is -2.50. The predicted molar refractivity (Wildman–Crippen MR) is 181 cm³/mol. The molecule has 42 heavy (non-hydrogen) atoms. The number of rotatable bonds is 36. The highest BCUT2D eigenvalue weighted by Gasteiger charge is 2.29. The molecule has 0 aromatic heterocycles. The van der Waals surface area contributed by atoms with Crippen molar-refractivity contribution in [3.8, 4) is 0 Å². The maximum absolute atomic E-state index is 12.0. The van der Waals surface area contributed by atoms with Gasteiger partial charge in [0.2, 0.25) is 12.6 Å². The fourth-order valence-electron chi connectivity index (χ4n) is 5.71. The maximum Gasteiger partial charge on any atom is 0.702 e. The largest absolute Gasteiger partial charge is 0.702 e. The van der Waals surface area contributed by atoms with Gasteiger partial charge in [-0.05, 0) is 12.8 Å². The molecule has 252 valence electrons. The third-order valence-corrected chi connectivity index (χ3v) is 9.36. The van der Waals surface area contributed by atoms with E-state index in [1.807, 2.05) is 0 Å². The molecule has 0 heterocycles. The van der Waals surface area contributed by atoms with Crippen LogP contribution in [0.25, 0.3) is 0 Å². The highest BCUT2D eigenvalue weighted by atomic mass is 31.1. The predicted octanol–water partition coefficient (Wildman–Crippen LogP) is 12.8. The second-order valence-electron chi connectivity index (χ2n) is 12.8. The molecule has 0 fully saturated rings. The Morgan fingerprint density at radius 3 is 0.786 bits per heavy atom. The first-order valence-corrected chi connectivity index (χ1v) is 19.9. The quantitative estimate of drug-likeness (QED) is 0.0415. The first-order valence-electron chi connectivity index (χ1n) is 18.8. The Kier molecular flexibility index (Phi) is 35.4. The molecule has 0 aliphatic heterocycles. The SMILES string of the molecule is CCCCCCCCCCCCCCCCCC(O)O[P+](=O)OC(O)CCCCCCCCCCCCCCCCC. The van der Waals surface area contributed by atoms with E-state index in [4.69, 9.17) is 9.05 Å². The third kappa shape index (κ3) is 34.4. The van der Waals surface area contributed by atoms with Crippen LogP contribution < -0.4 is 0 Å². The van der Waals surface area contributed by atoms with Crippen molar-refractivity contribution in [2.45, 2.75) is 232 Å². The zero-order chi connectivity index (χ0) is 30.8. The summed E-state index contributed by atoms with van der Waals surface area (Å²) in [6.45, 7) is 4.54. The lowest BCUT2D eigenvalue weighted by molar-refractivity contribution is -0.0648. The number of aliphatic hydroxyl groups is 2. The first-order chi connectivity index (χ1) is 20.6. The van der Waals surface area contributed by atoms with E-state index >= 15 is 0 Å². The van der Waals surface area contributed by atoms with Crippen LogP contribution in [-0.4, -0.2) is 22.8 Å². The van der Waals surface area contributed by atoms with E-state index < -0.39 is 20.8 Å². The van der Waals surface area contributed by atoms with Crippen LogP contribution in [0.15, 0.2) is 0 Å². The van der Waals surface area contributed by atoms with Gasteiger partial charge in [0.15, 0.2) is 0 Å². The van der Waals surface area contributed by atoms with Gasteiger partial charge in [-0.15, -0.1) is 0 Å². The molecular formula is C36H74O5P+. The zero-order valence-corrected chi connectivity index (χ0v) is 29.2. The molecule has 2 N–H and O–H groups in total. The van der Waals surface area contributed by atoms with Gasteiger partial charge in [0.25, 0.3) is 0 Å². The highest BCUT2D eigenvalue weighted by Crippen LogP contribution is 2.30. The van der Waals surface area contributed by atoms with Crippen molar-refractivity contribution in [3.63, 3.8) is 0 Å². The van der Waals surface area contributed by atoms with Gasteiger partial charge in [-0.1, -0.05) is 203 Å². The van der Waals surface area contributed by atoms with Gasteiger partial charge >= 0.3 is 8.25 Å². The third-order valence-electron chi connectivity index (χ3n) is 8.52. The number of hydrogen-bond donors (Lipinski definition) is 2. The summed E-state index contributed by atoms with van der Waals surface area (Å²) in [7, 11) is -2.50. The van der Waals surface area contributed by atoms with Crippen molar-refractivity contribution in [2.24, 2.45) is 0 Å². The lowest BCUT2D eigenvalue weighted by Gasteiger charge is -2.06. The van der Waals surface area contributed by atoms with Crippen LogP contribution in [0.3, 0.4) is 0 Å². The van der Waals surface area contributed by atoms with E-state index in [0.717, 1.165) is 25.7 Å². The second kappa shape index (κ2) is 35.4. The van der Waals surface area contributed by atoms with Gasteiger partial charge in [0.05, 0.1) is 0 Å². The van der Waals surface area contributed by atoms with E-state index in [9.17, 15) is 14.8 Å². The molecule has 2 atom stereocenters. The van der Waals surface area contributed by atoms with Crippen molar-refractivity contribution >= 4 is 8.25 Å². The Labute approximate surface area is 263 Å². The second-order valence-corrected chi connectivity index (χ2v) is 13.7. The van der Waals surface area contributed by atoms with Crippen LogP contribution in [-0.2, 0) is 13.6 Å². The number of unbranched alkanes of at least 4 members (excludes halogenated alkanes) is 28. The van der Waals surface area contributed by atoms with Gasteiger partial charge in [-0.2, -0.15) is 0 Å². The van der Waals surface area contributed by atoms with Gasteiger partial charge < -0.3 is 10.2 Å². The number of hydrogen-bond acceptors (Lipinski definition) is 5. The lowest BCUT2D eigenvalue weighted by Crippen LogP contribution is -2.12. The van der Waals surface area contributed by atoms with Gasteiger partial charge in [-0.3, -0.25) is 0 Å². The summed E-state index contributed by atoms with van der Waals surface area (Å²) in [5, 5.41) is 20.0. The van der Waals surface area contributed by atoms with Crippen LogP contribution in [0.4, 0.5) is 0 Å². The highest BCUT2D eigenvalue weighted by molar-refractivity contribution is 7.33.